The SMILES string of the molecule is COc1cn2nccc2nc1Nc1ncnc2sc3c(c12)CC[C@H](C(=O)NCCO)C3. The van der Waals surface area contributed by atoms with Crippen molar-refractivity contribution in [2.45, 2.75) is 19.3 Å². The summed E-state index contributed by atoms with van der Waals surface area (Å²) in [5, 5.41) is 20.2. The third kappa shape index (κ3) is 3.55. The van der Waals surface area contributed by atoms with Crippen molar-refractivity contribution in [3.8, 4) is 5.75 Å². The van der Waals surface area contributed by atoms with Gasteiger partial charge in [0.05, 0.1) is 31.5 Å². The number of carbonyl (C=O) groups is 1. The topological polar surface area (TPSA) is 127 Å². The van der Waals surface area contributed by atoms with Crippen molar-refractivity contribution >= 4 is 44.7 Å². The monoisotopic (exact) mass is 439 g/mol. The van der Waals surface area contributed by atoms with Crippen molar-refractivity contribution in [1.82, 2.24) is 29.9 Å². The van der Waals surface area contributed by atoms with Gasteiger partial charge in [-0.05, 0) is 24.8 Å². The minimum Gasteiger partial charge on any atom is -0.491 e. The molecule has 4 aromatic rings. The summed E-state index contributed by atoms with van der Waals surface area (Å²) in [6, 6.07) is 1.81. The zero-order valence-electron chi connectivity index (χ0n) is 16.8. The standard InChI is InChI=1S/C20H21N7O3S/c1-30-13-9-27-15(4-5-24-27)25-17(13)26-18-16-12-3-2-11(19(29)21-6-7-28)8-14(12)31-20(16)23-10-22-18/h4-5,9-11,28H,2-3,6-8H2,1H3,(H,21,29)(H,22,23,25,26)/t11-/m0/s1. The van der Waals surface area contributed by atoms with E-state index in [1.54, 1.807) is 35.4 Å². The first kappa shape index (κ1) is 19.6. The Morgan fingerprint density at radius 3 is 3.13 bits per heavy atom. The van der Waals surface area contributed by atoms with E-state index in [4.69, 9.17) is 9.84 Å². The molecule has 4 aromatic heterocycles. The van der Waals surface area contributed by atoms with Crippen LogP contribution in [0.25, 0.3) is 15.9 Å². The molecule has 0 fully saturated rings. The number of nitrogens with one attached hydrogen (secondary N) is 2. The van der Waals surface area contributed by atoms with Crippen LogP contribution in [0.4, 0.5) is 11.6 Å². The van der Waals surface area contributed by atoms with Crippen LogP contribution >= 0.6 is 11.3 Å². The first-order valence-electron chi connectivity index (χ1n) is 9.97. The number of hydrogen-bond acceptors (Lipinski definition) is 9. The highest BCUT2D eigenvalue weighted by molar-refractivity contribution is 7.19. The van der Waals surface area contributed by atoms with Crippen LogP contribution in [-0.4, -0.2) is 55.8 Å². The molecule has 3 N–H and O–H groups in total. The molecule has 0 aromatic carbocycles. The summed E-state index contributed by atoms with van der Waals surface area (Å²) in [7, 11) is 1.58. The molecule has 0 saturated carbocycles. The van der Waals surface area contributed by atoms with Crippen LogP contribution in [0.15, 0.2) is 24.8 Å². The Balaban J connectivity index is 1.49. The molecule has 1 amide bonds. The van der Waals surface area contributed by atoms with Crippen LogP contribution in [0.3, 0.4) is 0 Å². The summed E-state index contributed by atoms with van der Waals surface area (Å²) < 4.78 is 7.13. The fourth-order valence-electron chi connectivity index (χ4n) is 3.94. The Bertz CT molecular complexity index is 1270. The van der Waals surface area contributed by atoms with Crippen LogP contribution < -0.4 is 15.4 Å². The normalized spacial score (nSPS) is 15.7. The number of rotatable bonds is 6. The van der Waals surface area contributed by atoms with Gasteiger partial charge in [-0.25, -0.2) is 19.5 Å². The van der Waals surface area contributed by atoms with E-state index >= 15 is 0 Å². The number of hydrogen-bond donors (Lipinski definition) is 3. The number of carbonyl (C=O) groups excluding carboxylic acids is 1. The van der Waals surface area contributed by atoms with Crippen molar-refractivity contribution in [3.63, 3.8) is 0 Å². The number of nitrogens with zero attached hydrogens (tertiary/aromatic N) is 5. The van der Waals surface area contributed by atoms with Gasteiger partial charge in [0, 0.05) is 23.4 Å². The summed E-state index contributed by atoms with van der Waals surface area (Å²) in [5.41, 5.74) is 1.87. The second-order valence-corrected chi connectivity index (χ2v) is 8.36. The predicted molar refractivity (Wildman–Crippen MR) is 116 cm³/mol. The number of fused-ring (bicyclic) bond motifs is 4. The molecule has 11 heteroatoms. The molecule has 1 aliphatic rings. The number of amides is 1. The number of aliphatic hydroxyl groups is 1. The maximum atomic E-state index is 12.4. The third-order valence-electron chi connectivity index (χ3n) is 5.43. The smallest absolute Gasteiger partial charge is 0.223 e. The second-order valence-electron chi connectivity index (χ2n) is 7.28. The van der Waals surface area contributed by atoms with Gasteiger partial charge in [-0.1, -0.05) is 0 Å². The second kappa shape index (κ2) is 8.08. The fourth-order valence-corrected chi connectivity index (χ4v) is 5.21. The van der Waals surface area contributed by atoms with E-state index in [-0.39, 0.29) is 25.0 Å². The van der Waals surface area contributed by atoms with Crippen molar-refractivity contribution in [2.24, 2.45) is 5.92 Å². The Labute approximate surface area is 181 Å². The van der Waals surface area contributed by atoms with E-state index in [2.05, 4.69) is 30.7 Å². The van der Waals surface area contributed by atoms with Gasteiger partial charge in [0.1, 0.15) is 17.0 Å². The molecule has 0 unspecified atom stereocenters. The molecular formula is C20H21N7O3S. The van der Waals surface area contributed by atoms with Gasteiger partial charge in [-0.2, -0.15) is 5.10 Å². The van der Waals surface area contributed by atoms with Crippen LogP contribution in [0.2, 0.25) is 0 Å². The maximum absolute atomic E-state index is 12.4. The molecule has 1 atom stereocenters. The summed E-state index contributed by atoms with van der Waals surface area (Å²) >= 11 is 1.60. The first-order chi connectivity index (χ1) is 15.2. The van der Waals surface area contributed by atoms with Crippen molar-refractivity contribution in [1.29, 1.82) is 0 Å². The van der Waals surface area contributed by atoms with Gasteiger partial charge >= 0.3 is 0 Å². The Kier molecular flexibility index (Phi) is 5.12. The number of aryl methyl sites for hydroxylation is 1. The summed E-state index contributed by atoms with van der Waals surface area (Å²) in [6.07, 6.45) is 7.14. The highest BCUT2D eigenvalue weighted by Gasteiger charge is 2.29. The lowest BCUT2D eigenvalue weighted by atomic mass is 9.87. The van der Waals surface area contributed by atoms with Crippen LogP contribution in [0.1, 0.15) is 16.9 Å². The summed E-state index contributed by atoms with van der Waals surface area (Å²) in [5.74, 6) is 1.66. The molecule has 31 heavy (non-hydrogen) atoms. The largest absolute Gasteiger partial charge is 0.491 e. The van der Waals surface area contributed by atoms with Gasteiger partial charge in [0.25, 0.3) is 0 Å². The van der Waals surface area contributed by atoms with Crippen molar-refractivity contribution in [2.75, 3.05) is 25.6 Å². The van der Waals surface area contributed by atoms with Crippen molar-refractivity contribution < 1.29 is 14.6 Å². The Morgan fingerprint density at radius 2 is 2.29 bits per heavy atom. The molecule has 10 nitrogen and oxygen atoms in total. The molecule has 0 aliphatic heterocycles. The van der Waals surface area contributed by atoms with E-state index in [9.17, 15) is 4.79 Å². The number of aliphatic hydroxyl groups excluding tert-OH is 1. The lowest BCUT2D eigenvalue weighted by Gasteiger charge is -2.21. The van der Waals surface area contributed by atoms with E-state index in [1.807, 2.05) is 6.07 Å². The first-order valence-corrected chi connectivity index (χ1v) is 10.8. The van der Waals surface area contributed by atoms with Gasteiger partial charge in [-0.3, -0.25) is 4.79 Å². The number of anilines is 2. The average Bonchev–Trinajstić information content (AvgIpc) is 3.40. The summed E-state index contributed by atoms with van der Waals surface area (Å²) in [6.45, 7) is 0.227. The van der Waals surface area contributed by atoms with Gasteiger partial charge in [0.2, 0.25) is 5.91 Å². The van der Waals surface area contributed by atoms with E-state index in [0.29, 0.717) is 29.5 Å². The third-order valence-corrected chi connectivity index (χ3v) is 6.59. The lowest BCUT2D eigenvalue weighted by molar-refractivity contribution is -0.125. The van der Waals surface area contributed by atoms with Crippen LogP contribution in [-0.2, 0) is 17.6 Å². The van der Waals surface area contributed by atoms with Gasteiger partial charge in [0.15, 0.2) is 17.2 Å². The molecule has 0 radical (unpaired) electrons. The zero-order valence-corrected chi connectivity index (χ0v) is 17.6. The minimum absolute atomic E-state index is 0.00960. The van der Waals surface area contributed by atoms with Gasteiger partial charge in [-0.15, -0.1) is 11.3 Å². The fraction of sp³-hybridized carbons (Fsp3) is 0.350. The zero-order chi connectivity index (χ0) is 21.4. The maximum Gasteiger partial charge on any atom is 0.223 e. The number of aromatic nitrogens is 5. The number of methoxy groups -OCH3 is 1. The quantitative estimate of drug-likeness (QED) is 0.414. The molecule has 0 bridgehead atoms. The summed E-state index contributed by atoms with van der Waals surface area (Å²) in [4.78, 5) is 27.9. The molecule has 0 saturated heterocycles. The average molecular weight is 440 g/mol. The van der Waals surface area contributed by atoms with E-state index in [0.717, 1.165) is 27.9 Å². The van der Waals surface area contributed by atoms with Crippen LogP contribution in [0, 0.1) is 5.92 Å². The molecule has 160 valence electrons. The molecule has 5 rings (SSSR count). The molecular weight excluding hydrogens is 418 g/mol. The van der Waals surface area contributed by atoms with Crippen molar-refractivity contribution in [3.05, 3.63) is 35.2 Å². The number of thiophene rings is 1. The van der Waals surface area contributed by atoms with Gasteiger partial charge < -0.3 is 20.5 Å². The Hall–Kier alpha value is -3.31. The van der Waals surface area contributed by atoms with E-state index in [1.165, 1.54) is 11.9 Å². The molecule has 1 aliphatic carbocycles. The minimum atomic E-state index is -0.0949. The van der Waals surface area contributed by atoms with Crippen LogP contribution in [0.5, 0.6) is 5.75 Å². The lowest BCUT2D eigenvalue weighted by Crippen LogP contribution is -2.35. The molecule has 0 spiro atoms. The Morgan fingerprint density at radius 1 is 1.39 bits per heavy atom. The number of ether oxygens (including phenoxy) is 1. The van der Waals surface area contributed by atoms with E-state index < -0.39 is 0 Å². The highest BCUT2D eigenvalue weighted by atomic mass is 32.1. The highest BCUT2D eigenvalue weighted by Crippen LogP contribution is 2.41. The predicted octanol–water partition coefficient (Wildman–Crippen LogP) is 1.70. The molecule has 4 heterocycles.